The SMILES string of the molecule is COc1cccc(OC)c1CC(=O)Nc1cc(-c2cc(F)cc(F)c2)[nH]n1. The van der Waals surface area contributed by atoms with Crippen LogP contribution in [0.5, 0.6) is 11.5 Å². The van der Waals surface area contributed by atoms with Crippen molar-refractivity contribution in [3.8, 4) is 22.8 Å². The first kappa shape index (κ1) is 18.4. The van der Waals surface area contributed by atoms with E-state index in [9.17, 15) is 13.6 Å². The van der Waals surface area contributed by atoms with Crippen LogP contribution >= 0.6 is 0 Å². The van der Waals surface area contributed by atoms with Crippen LogP contribution < -0.4 is 14.8 Å². The van der Waals surface area contributed by atoms with Crippen molar-refractivity contribution in [3.05, 3.63) is 59.7 Å². The molecule has 0 aliphatic rings. The number of halogens is 2. The summed E-state index contributed by atoms with van der Waals surface area (Å²) in [6.07, 6.45) is 0.00394. The Balaban J connectivity index is 1.75. The predicted octanol–water partition coefficient (Wildman–Crippen LogP) is 3.55. The smallest absolute Gasteiger partial charge is 0.230 e. The fourth-order valence-electron chi connectivity index (χ4n) is 2.69. The number of carbonyl (C=O) groups excluding carboxylic acids is 1. The summed E-state index contributed by atoms with van der Waals surface area (Å²) in [5.74, 6) is -0.457. The molecule has 1 amide bonds. The molecule has 0 atom stereocenters. The van der Waals surface area contributed by atoms with Gasteiger partial charge in [0.1, 0.15) is 23.1 Å². The van der Waals surface area contributed by atoms with E-state index in [2.05, 4.69) is 15.5 Å². The van der Waals surface area contributed by atoms with E-state index in [-0.39, 0.29) is 23.7 Å². The molecule has 6 nitrogen and oxygen atoms in total. The molecule has 1 aromatic heterocycles. The largest absolute Gasteiger partial charge is 0.496 e. The predicted molar refractivity (Wildman–Crippen MR) is 95.8 cm³/mol. The van der Waals surface area contributed by atoms with Crippen molar-refractivity contribution >= 4 is 11.7 Å². The number of nitrogens with zero attached hydrogens (tertiary/aromatic N) is 1. The number of H-pyrrole nitrogens is 1. The van der Waals surface area contributed by atoms with Crippen LogP contribution in [-0.2, 0) is 11.2 Å². The molecule has 0 saturated carbocycles. The number of carbonyl (C=O) groups is 1. The van der Waals surface area contributed by atoms with Crippen LogP contribution in [0, 0.1) is 11.6 Å². The van der Waals surface area contributed by atoms with Crippen LogP contribution in [0.2, 0.25) is 0 Å². The third-order valence-corrected chi connectivity index (χ3v) is 3.89. The van der Waals surface area contributed by atoms with E-state index < -0.39 is 11.6 Å². The second-order valence-corrected chi connectivity index (χ2v) is 5.69. The highest BCUT2D eigenvalue weighted by molar-refractivity contribution is 5.92. The van der Waals surface area contributed by atoms with Gasteiger partial charge >= 0.3 is 0 Å². The van der Waals surface area contributed by atoms with Crippen molar-refractivity contribution in [3.63, 3.8) is 0 Å². The van der Waals surface area contributed by atoms with Gasteiger partial charge in [0.25, 0.3) is 0 Å². The molecule has 27 heavy (non-hydrogen) atoms. The molecule has 0 bridgehead atoms. The van der Waals surface area contributed by atoms with Gasteiger partial charge < -0.3 is 14.8 Å². The molecule has 0 unspecified atom stereocenters. The molecule has 0 aliphatic heterocycles. The van der Waals surface area contributed by atoms with Crippen molar-refractivity contribution in [2.45, 2.75) is 6.42 Å². The highest BCUT2D eigenvalue weighted by Crippen LogP contribution is 2.29. The Kier molecular flexibility index (Phi) is 5.35. The highest BCUT2D eigenvalue weighted by atomic mass is 19.1. The number of nitrogens with one attached hydrogen (secondary N) is 2. The van der Waals surface area contributed by atoms with Gasteiger partial charge in [-0.15, -0.1) is 0 Å². The number of rotatable bonds is 6. The zero-order valence-corrected chi connectivity index (χ0v) is 14.7. The Morgan fingerprint density at radius 2 is 1.70 bits per heavy atom. The lowest BCUT2D eigenvalue weighted by atomic mass is 10.1. The maximum atomic E-state index is 13.3. The zero-order valence-electron chi connectivity index (χ0n) is 14.7. The molecule has 0 aliphatic carbocycles. The van der Waals surface area contributed by atoms with Crippen LogP contribution in [-0.4, -0.2) is 30.3 Å². The average molecular weight is 373 g/mol. The fraction of sp³-hybridized carbons (Fsp3) is 0.158. The second kappa shape index (κ2) is 7.86. The fourth-order valence-corrected chi connectivity index (χ4v) is 2.69. The number of hydrogen-bond donors (Lipinski definition) is 2. The first-order chi connectivity index (χ1) is 13.0. The maximum Gasteiger partial charge on any atom is 0.230 e. The van der Waals surface area contributed by atoms with Gasteiger partial charge in [-0.25, -0.2) is 8.78 Å². The summed E-state index contributed by atoms with van der Waals surface area (Å²) in [5.41, 5.74) is 1.26. The van der Waals surface area contributed by atoms with Crippen molar-refractivity contribution in [2.75, 3.05) is 19.5 Å². The quantitative estimate of drug-likeness (QED) is 0.693. The Bertz CT molecular complexity index is 930. The van der Waals surface area contributed by atoms with Crippen LogP contribution in [0.25, 0.3) is 11.3 Å². The maximum absolute atomic E-state index is 13.3. The van der Waals surface area contributed by atoms with E-state index in [0.29, 0.717) is 22.8 Å². The monoisotopic (exact) mass is 373 g/mol. The lowest BCUT2D eigenvalue weighted by Gasteiger charge is -2.12. The van der Waals surface area contributed by atoms with E-state index in [4.69, 9.17) is 9.47 Å². The number of hydrogen-bond acceptors (Lipinski definition) is 4. The molecule has 3 rings (SSSR count). The third-order valence-electron chi connectivity index (χ3n) is 3.89. The third kappa shape index (κ3) is 4.22. The molecule has 0 fully saturated rings. The molecular weight excluding hydrogens is 356 g/mol. The Labute approximate surface area is 154 Å². The van der Waals surface area contributed by atoms with E-state index in [1.54, 1.807) is 18.2 Å². The standard InChI is InChI=1S/C19H17F2N3O3/c1-26-16-4-3-5-17(27-2)14(16)9-19(25)22-18-10-15(23-24-18)11-6-12(20)8-13(21)7-11/h3-8,10H,9H2,1-2H3,(H2,22,23,24,25). The summed E-state index contributed by atoms with van der Waals surface area (Å²) >= 11 is 0. The van der Waals surface area contributed by atoms with Gasteiger partial charge in [0.05, 0.1) is 26.3 Å². The van der Waals surface area contributed by atoms with Crippen LogP contribution in [0.1, 0.15) is 5.56 Å². The molecule has 0 saturated heterocycles. The minimum absolute atomic E-state index is 0.00394. The van der Waals surface area contributed by atoms with Crippen LogP contribution in [0.3, 0.4) is 0 Å². The average Bonchev–Trinajstić information content (AvgIpc) is 3.09. The summed E-state index contributed by atoms with van der Waals surface area (Å²) in [6.45, 7) is 0. The summed E-state index contributed by atoms with van der Waals surface area (Å²) in [4.78, 5) is 12.4. The summed E-state index contributed by atoms with van der Waals surface area (Å²) in [7, 11) is 3.02. The van der Waals surface area contributed by atoms with E-state index >= 15 is 0 Å². The molecule has 140 valence electrons. The van der Waals surface area contributed by atoms with Gasteiger partial charge in [-0.1, -0.05) is 6.07 Å². The lowest BCUT2D eigenvalue weighted by Crippen LogP contribution is -2.15. The van der Waals surface area contributed by atoms with Gasteiger partial charge in [0.15, 0.2) is 5.82 Å². The lowest BCUT2D eigenvalue weighted by molar-refractivity contribution is -0.115. The number of aromatic nitrogens is 2. The van der Waals surface area contributed by atoms with E-state index in [1.165, 1.54) is 32.4 Å². The molecule has 3 aromatic rings. The number of ether oxygens (including phenoxy) is 2. The molecule has 2 aromatic carbocycles. The van der Waals surface area contributed by atoms with Crippen LogP contribution in [0.15, 0.2) is 42.5 Å². The van der Waals surface area contributed by atoms with Crippen molar-refractivity contribution in [2.24, 2.45) is 0 Å². The van der Waals surface area contributed by atoms with Gasteiger partial charge in [0.2, 0.25) is 5.91 Å². The molecule has 8 heteroatoms. The number of anilines is 1. The minimum atomic E-state index is -0.701. The summed E-state index contributed by atoms with van der Waals surface area (Å²) in [5, 5.41) is 9.23. The van der Waals surface area contributed by atoms with Gasteiger partial charge in [0, 0.05) is 23.3 Å². The Morgan fingerprint density at radius 3 is 2.30 bits per heavy atom. The van der Waals surface area contributed by atoms with Gasteiger partial charge in [-0.05, 0) is 24.3 Å². The first-order valence-corrected chi connectivity index (χ1v) is 8.01. The van der Waals surface area contributed by atoms with Gasteiger partial charge in [-0.2, -0.15) is 5.10 Å². The topological polar surface area (TPSA) is 76.2 Å². The number of aromatic amines is 1. The zero-order chi connectivity index (χ0) is 19.4. The molecule has 0 spiro atoms. The first-order valence-electron chi connectivity index (χ1n) is 8.01. The minimum Gasteiger partial charge on any atom is -0.496 e. The summed E-state index contributed by atoms with van der Waals surface area (Å²) in [6, 6.07) is 9.84. The van der Waals surface area contributed by atoms with E-state index in [1.807, 2.05) is 0 Å². The molecular formula is C19H17F2N3O3. The summed E-state index contributed by atoms with van der Waals surface area (Å²) < 4.78 is 37.2. The highest BCUT2D eigenvalue weighted by Gasteiger charge is 2.15. The Morgan fingerprint density at radius 1 is 1.07 bits per heavy atom. The normalized spacial score (nSPS) is 10.5. The second-order valence-electron chi connectivity index (χ2n) is 5.69. The number of amides is 1. The van der Waals surface area contributed by atoms with E-state index in [0.717, 1.165) is 6.07 Å². The number of benzene rings is 2. The van der Waals surface area contributed by atoms with Gasteiger partial charge in [-0.3, -0.25) is 9.89 Å². The molecule has 2 N–H and O–H groups in total. The number of methoxy groups -OCH3 is 2. The molecule has 0 radical (unpaired) electrons. The van der Waals surface area contributed by atoms with Crippen molar-refractivity contribution in [1.82, 2.24) is 10.2 Å². The van der Waals surface area contributed by atoms with Crippen LogP contribution in [0.4, 0.5) is 14.6 Å². The molecule has 1 heterocycles. The Hall–Kier alpha value is -3.42. The van der Waals surface area contributed by atoms with Crippen molar-refractivity contribution in [1.29, 1.82) is 0 Å². The van der Waals surface area contributed by atoms with Crippen molar-refractivity contribution < 1.29 is 23.0 Å².